The Morgan fingerprint density at radius 2 is 1.90 bits per heavy atom. The van der Waals surface area contributed by atoms with Crippen molar-refractivity contribution >= 4 is 11.9 Å². The minimum Gasteiger partial charge on any atom is -0.493 e. The summed E-state index contributed by atoms with van der Waals surface area (Å²) in [6.45, 7) is 0.590. The van der Waals surface area contributed by atoms with E-state index < -0.39 is 11.9 Å². The molecule has 1 N–H and O–H groups in total. The molecule has 108 valence electrons. The number of hydrogen-bond donors (Lipinski definition) is 1. The van der Waals surface area contributed by atoms with E-state index in [0.29, 0.717) is 22.8 Å². The van der Waals surface area contributed by atoms with Crippen molar-refractivity contribution < 1.29 is 28.9 Å². The maximum Gasteiger partial charge on any atom is 0.394 e. The second-order valence-corrected chi connectivity index (χ2v) is 4.20. The van der Waals surface area contributed by atoms with Gasteiger partial charge in [-0.05, 0) is 6.07 Å². The van der Waals surface area contributed by atoms with Gasteiger partial charge in [-0.15, -0.1) is 0 Å². The predicted molar refractivity (Wildman–Crippen MR) is 68.1 cm³/mol. The summed E-state index contributed by atoms with van der Waals surface area (Å²) in [6, 6.07) is 3.35. The molecule has 7 heteroatoms. The van der Waals surface area contributed by atoms with E-state index in [1.54, 1.807) is 12.1 Å². The molecule has 0 aromatic heterocycles. The molecular weight excluding hydrogens is 266 g/mol. The van der Waals surface area contributed by atoms with Gasteiger partial charge in [0.2, 0.25) is 0 Å². The van der Waals surface area contributed by atoms with Crippen LogP contribution in [0.4, 0.5) is 0 Å². The Bertz CT molecular complexity index is 542. The molecule has 0 unspecified atom stereocenters. The molecule has 2 rings (SSSR count). The van der Waals surface area contributed by atoms with Crippen LogP contribution in [-0.2, 0) is 16.1 Å². The largest absolute Gasteiger partial charge is 0.493 e. The van der Waals surface area contributed by atoms with Crippen LogP contribution in [0.5, 0.6) is 17.2 Å². The standard InChI is InChI=1S/C13H15NO6/c1-18-10-5-8-7-14(12(15)13(16)17)3-4-20-9(8)6-11(10)19-2/h5-6H,3-4,7H2,1-2H3,(H,16,17). The van der Waals surface area contributed by atoms with Crippen LogP contribution in [0, 0.1) is 0 Å². The van der Waals surface area contributed by atoms with Gasteiger partial charge in [-0.25, -0.2) is 4.79 Å². The van der Waals surface area contributed by atoms with Crippen LogP contribution in [0.25, 0.3) is 0 Å². The molecule has 0 bridgehead atoms. The third-order valence-corrected chi connectivity index (χ3v) is 3.02. The molecule has 1 heterocycles. The Morgan fingerprint density at radius 3 is 2.50 bits per heavy atom. The van der Waals surface area contributed by atoms with Gasteiger partial charge in [-0.1, -0.05) is 0 Å². The molecule has 1 aliphatic heterocycles. The molecule has 7 nitrogen and oxygen atoms in total. The van der Waals surface area contributed by atoms with E-state index in [2.05, 4.69) is 0 Å². The van der Waals surface area contributed by atoms with Crippen molar-refractivity contribution in [1.82, 2.24) is 4.90 Å². The molecule has 20 heavy (non-hydrogen) atoms. The molecule has 1 aromatic rings. The van der Waals surface area contributed by atoms with Gasteiger partial charge in [-0.2, -0.15) is 0 Å². The summed E-state index contributed by atoms with van der Waals surface area (Å²) < 4.78 is 15.9. The number of carboxylic acid groups (broad SMARTS) is 1. The first-order chi connectivity index (χ1) is 9.56. The number of ether oxygens (including phenoxy) is 3. The molecule has 0 aliphatic carbocycles. The number of carbonyl (C=O) groups is 2. The van der Waals surface area contributed by atoms with Gasteiger partial charge in [0.25, 0.3) is 0 Å². The number of hydrogen-bond acceptors (Lipinski definition) is 5. The van der Waals surface area contributed by atoms with E-state index >= 15 is 0 Å². The maximum absolute atomic E-state index is 11.6. The van der Waals surface area contributed by atoms with Crippen LogP contribution in [0.1, 0.15) is 5.56 Å². The van der Waals surface area contributed by atoms with E-state index in [9.17, 15) is 9.59 Å². The average molecular weight is 281 g/mol. The van der Waals surface area contributed by atoms with E-state index in [4.69, 9.17) is 19.3 Å². The van der Waals surface area contributed by atoms with Crippen molar-refractivity contribution in [3.63, 3.8) is 0 Å². The first-order valence-electron chi connectivity index (χ1n) is 5.96. The fourth-order valence-corrected chi connectivity index (χ4v) is 2.02. The lowest BCUT2D eigenvalue weighted by molar-refractivity contribution is -0.156. The number of carboxylic acids is 1. The highest BCUT2D eigenvalue weighted by Crippen LogP contribution is 2.36. The van der Waals surface area contributed by atoms with Gasteiger partial charge in [0.05, 0.1) is 27.3 Å². The summed E-state index contributed by atoms with van der Waals surface area (Å²) >= 11 is 0. The Morgan fingerprint density at radius 1 is 1.25 bits per heavy atom. The summed E-state index contributed by atoms with van der Waals surface area (Å²) in [4.78, 5) is 23.5. The fourth-order valence-electron chi connectivity index (χ4n) is 2.02. The third kappa shape index (κ3) is 2.61. The number of carbonyl (C=O) groups excluding carboxylic acids is 1. The monoisotopic (exact) mass is 281 g/mol. The lowest BCUT2D eigenvalue weighted by Gasteiger charge is -2.17. The zero-order valence-electron chi connectivity index (χ0n) is 11.2. The third-order valence-electron chi connectivity index (χ3n) is 3.02. The molecule has 1 amide bonds. The lowest BCUT2D eigenvalue weighted by atomic mass is 10.1. The number of aliphatic carboxylic acids is 1. The minimum absolute atomic E-state index is 0.154. The SMILES string of the molecule is COc1cc2c(cc1OC)OCCN(C(=O)C(=O)O)C2. The van der Waals surface area contributed by atoms with Gasteiger partial charge >= 0.3 is 11.9 Å². The number of fused-ring (bicyclic) bond motifs is 1. The Labute approximate surface area is 115 Å². The highest BCUT2D eigenvalue weighted by Gasteiger charge is 2.25. The van der Waals surface area contributed by atoms with E-state index in [1.807, 2.05) is 0 Å². The second-order valence-electron chi connectivity index (χ2n) is 4.20. The number of amides is 1. The molecule has 0 radical (unpaired) electrons. The zero-order chi connectivity index (χ0) is 14.7. The molecule has 1 aromatic carbocycles. The van der Waals surface area contributed by atoms with E-state index in [0.717, 1.165) is 0 Å². The first-order valence-corrected chi connectivity index (χ1v) is 5.96. The Balaban J connectivity index is 2.35. The van der Waals surface area contributed by atoms with Crippen LogP contribution in [0.2, 0.25) is 0 Å². The predicted octanol–water partition coefficient (Wildman–Crippen LogP) is 0.509. The number of rotatable bonds is 2. The molecule has 0 atom stereocenters. The van der Waals surface area contributed by atoms with Crippen LogP contribution in [0.15, 0.2) is 12.1 Å². The van der Waals surface area contributed by atoms with Gasteiger partial charge in [0.1, 0.15) is 12.4 Å². The number of methoxy groups -OCH3 is 2. The van der Waals surface area contributed by atoms with Crippen molar-refractivity contribution in [2.45, 2.75) is 6.54 Å². The lowest BCUT2D eigenvalue weighted by Crippen LogP contribution is -2.37. The zero-order valence-corrected chi connectivity index (χ0v) is 11.2. The van der Waals surface area contributed by atoms with Crippen molar-refractivity contribution in [3.8, 4) is 17.2 Å². The molecule has 0 saturated carbocycles. The van der Waals surface area contributed by atoms with Crippen LogP contribution in [-0.4, -0.2) is 49.3 Å². The van der Waals surface area contributed by atoms with E-state index in [-0.39, 0.29) is 19.7 Å². The van der Waals surface area contributed by atoms with Gasteiger partial charge in [0.15, 0.2) is 11.5 Å². The van der Waals surface area contributed by atoms with Crippen LogP contribution >= 0.6 is 0 Å². The summed E-state index contributed by atoms with van der Waals surface area (Å²) in [5, 5.41) is 8.78. The minimum atomic E-state index is -1.48. The second kappa shape index (κ2) is 5.68. The highest BCUT2D eigenvalue weighted by atomic mass is 16.5. The van der Waals surface area contributed by atoms with E-state index in [1.165, 1.54) is 19.1 Å². The van der Waals surface area contributed by atoms with Crippen molar-refractivity contribution in [2.75, 3.05) is 27.4 Å². The van der Waals surface area contributed by atoms with Crippen molar-refractivity contribution in [2.24, 2.45) is 0 Å². The molecule has 0 saturated heterocycles. The summed E-state index contributed by atoms with van der Waals surface area (Å²) in [5.74, 6) is -0.850. The normalized spacial score (nSPS) is 13.8. The molecular formula is C13H15NO6. The summed E-state index contributed by atoms with van der Waals surface area (Å²) in [7, 11) is 3.02. The van der Waals surface area contributed by atoms with Gasteiger partial charge in [0, 0.05) is 11.6 Å². The first kappa shape index (κ1) is 14.0. The number of benzene rings is 1. The smallest absolute Gasteiger partial charge is 0.394 e. The van der Waals surface area contributed by atoms with Crippen LogP contribution < -0.4 is 14.2 Å². The number of nitrogens with zero attached hydrogens (tertiary/aromatic N) is 1. The Kier molecular flexibility index (Phi) is 3.97. The molecule has 0 spiro atoms. The van der Waals surface area contributed by atoms with Crippen molar-refractivity contribution in [1.29, 1.82) is 0 Å². The molecule has 1 aliphatic rings. The maximum atomic E-state index is 11.6. The fraction of sp³-hybridized carbons (Fsp3) is 0.385. The van der Waals surface area contributed by atoms with Crippen LogP contribution in [0.3, 0.4) is 0 Å². The summed E-state index contributed by atoms with van der Waals surface area (Å²) in [6.07, 6.45) is 0. The average Bonchev–Trinajstić information content (AvgIpc) is 2.66. The highest BCUT2D eigenvalue weighted by molar-refractivity contribution is 6.31. The molecule has 0 fully saturated rings. The quantitative estimate of drug-likeness (QED) is 0.795. The van der Waals surface area contributed by atoms with Crippen molar-refractivity contribution in [3.05, 3.63) is 17.7 Å². The van der Waals surface area contributed by atoms with Gasteiger partial charge in [-0.3, -0.25) is 4.79 Å². The topological polar surface area (TPSA) is 85.3 Å². The summed E-state index contributed by atoms with van der Waals surface area (Å²) in [5.41, 5.74) is 0.676. The van der Waals surface area contributed by atoms with Gasteiger partial charge < -0.3 is 24.2 Å². The Hall–Kier alpha value is -2.44.